The number of thiocarbonyl (C=S) groups is 1. The maximum absolute atomic E-state index is 8.70. The molecule has 4 N–H and O–H groups in total. The fourth-order valence-corrected chi connectivity index (χ4v) is 1.04. The molecule has 0 aliphatic carbocycles. The Bertz CT molecular complexity index is 264. The topological polar surface area (TPSA) is 79.1 Å². The van der Waals surface area contributed by atoms with Crippen molar-refractivity contribution in [1.82, 2.24) is 4.90 Å². The van der Waals surface area contributed by atoms with Crippen molar-refractivity contribution in [3.63, 3.8) is 0 Å². The molecule has 0 rings (SSSR count). The first-order chi connectivity index (χ1) is 6.04. The van der Waals surface area contributed by atoms with Gasteiger partial charge in [0.05, 0.1) is 0 Å². The maximum atomic E-state index is 8.70. The van der Waals surface area contributed by atoms with Crippen molar-refractivity contribution in [3.8, 4) is 6.07 Å². The molecule has 0 aromatic carbocycles. The van der Waals surface area contributed by atoms with Gasteiger partial charge in [-0.2, -0.15) is 5.26 Å². The minimum Gasteiger partial charge on any atom is -0.389 e. The first-order valence-corrected chi connectivity index (χ1v) is 4.36. The Morgan fingerprint density at radius 3 is 2.38 bits per heavy atom. The van der Waals surface area contributed by atoms with Gasteiger partial charge in [-0.3, -0.25) is 0 Å². The van der Waals surface area contributed by atoms with Crippen molar-refractivity contribution in [2.24, 2.45) is 11.5 Å². The largest absolute Gasteiger partial charge is 0.389 e. The maximum Gasteiger partial charge on any atom is 0.126 e. The van der Waals surface area contributed by atoms with Crippen LogP contribution in [-0.4, -0.2) is 23.5 Å². The van der Waals surface area contributed by atoms with E-state index >= 15 is 0 Å². The summed E-state index contributed by atoms with van der Waals surface area (Å²) in [5.74, 6) is 0.344. The Hall–Kier alpha value is -1.28. The molecule has 0 heterocycles. The van der Waals surface area contributed by atoms with Crippen LogP contribution in [0.25, 0.3) is 0 Å². The van der Waals surface area contributed by atoms with Crippen molar-refractivity contribution in [2.75, 3.05) is 13.6 Å². The van der Waals surface area contributed by atoms with Crippen LogP contribution in [0.2, 0.25) is 0 Å². The summed E-state index contributed by atoms with van der Waals surface area (Å²) in [5.41, 5.74) is 11.2. The Balaban J connectivity index is 4.77. The Kier molecular flexibility index (Phi) is 4.85. The van der Waals surface area contributed by atoms with Crippen LogP contribution in [0.15, 0.2) is 11.4 Å². The lowest BCUT2D eigenvalue weighted by Gasteiger charge is -2.19. The van der Waals surface area contributed by atoms with Crippen LogP contribution in [0.5, 0.6) is 0 Å². The fourth-order valence-electron chi connectivity index (χ4n) is 0.885. The molecule has 0 fully saturated rings. The summed E-state index contributed by atoms with van der Waals surface area (Å²) in [6.07, 6.45) is 0.952. The van der Waals surface area contributed by atoms with Crippen LogP contribution in [-0.2, 0) is 0 Å². The number of nitrogens with zero attached hydrogens (tertiary/aromatic N) is 2. The zero-order chi connectivity index (χ0) is 10.4. The molecule has 0 saturated carbocycles. The summed E-state index contributed by atoms with van der Waals surface area (Å²) < 4.78 is 0. The van der Waals surface area contributed by atoms with Gasteiger partial charge in [0.1, 0.15) is 22.5 Å². The Morgan fingerprint density at radius 1 is 1.54 bits per heavy atom. The molecule has 5 heteroatoms. The third-order valence-corrected chi connectivity index (χ3v) is 1.79. The van der Waals surface area contributed by atoms with Gasteiger partial charge in [0.15, 0.2) is 0 Å². The zero-order valence-corrected chi connectivity index (χ0v) is 8.69. The molecule has 13 heavy (non-hydrogen) atoms. The van der Waals surface area contributed by atoms with Gasteiger partial charge >= 0.3 is 0 Å². The molecule has 0 aliphatic heterocycles. The highest BCUT2D eigenvalue weighted by molar-refractivity contribution is 7.80. The molecule has 0 atom stereocenters. The molecule has 0 aliphatic rings. The normalized spacial score (nSPS) is 11.5. The lowest BCUT2D eigenvalue weighted by Crippen LogP contribution is -2.29. The number of nitriles is 1. The summed E-state index contributed by atoms with van der Waals surface area (Å²) in [5, 5.41) is 8.70. The second kappa shape index (κ2) is 5.38. The Morgan fingerprint density at radius 2 is 2.08 bits per heavy atom. The zero-order valence-electron chi connectivity index (χ0n) is 7.87. The summed E-state index contributed by atoms with van der Waals surface area (Å²) in [7, 11) is 1.80. The predicted octanol–water partition coefficient (Wildman–Crippen LogP) is 0.308. The highest BCUT2D eigenvalue weighted by Gasteiger charge is 2.09. The van der Waals surface area contributed by atoms with Gasteiger partial charge in [0.25, 0.3) is 0 Å². The molecule has 0 spiro atoms. The number of rotatable bonds is 4. The van der Waals surface area contributed by atoms with Crippen LogP contribution < -0.4 is 11.5 Å². The van der Waals surface area contributed by atoms with Crippen LogP contribution in [0.1, 0.15) is 13.3 Å². The van der Waals surface area contributed by atoms with Crippen LogP contribution in [0, 0.1) is 11.3 Å². The Labute approximate surface area is 83.8 Å². The monoisotopic (exact) mass is 198 g/mol. The smallest absolute Gasteiger partial charge is 0.126 e. The van der Waals surface area contributed by atoms with E-state index in [1.807, 2.05) is 13.0 Å². The first-order valence-electron chi connectivity index (χ1n) is 3.95. The number of hydrogen-bond acceptors (Lipinski definition) is 4. The molecule has 0 saturated heterocycles. The van der Waals surface area contributed by atoms with E-state index in [-0.39, 0.29) is 10.6 Å². The van der Waals surface area contributed by atoms with Gasteiger partial charge in [-0.25, -0.2) is 0 Å². The van der Waals surface area contributed by atoms with Crippen molar-refractivity contribution in [2.45, 2.75) is 13.3 Å². The quantitative estimate of drug-likeness (QED) is 0.386. The molecular formula is C8H14N4S. The third kappa shape index (κ3) is 3.30. The minimum atomic E-state index is 0.0444. The van der Waals surface area contributed by atoms with E-state index in [2.05, 4.69) is 12.2 Å². The van der Waals surface area contributed by atoms with Crippen molar-refractivity contribution in [3.05, 3.63) is 11.4 Å². The molecule has 0 radical (unpaired) electrons. The van der Waals surface area contributed by atoms with Gasteiger partial charge in [-0.15, -0.1) is 0 Å². The predicted molar refractivity (Wildman–Crippen MR) is 56.5 cm³/mol. The molecule has 4 nitrogen and oxygen atoms in total. The minimum absolute atomic E-state index is 0.0444. The first kappa shape index (κ1) is 11.7. The summed E-state index contributed by atoms with van der Waals surface area (Å²) in [6, 6.07) is 1.89. The summed E-state index contributed by atoms with van der Waals surface area (Å²) in [6.45, 7) is 2.80. The third-order valence-electron chi connectivity index (χ3n) is 1.58. The second-order valence-electron chi connectivity index (χ2n) is 2.66. The summed E-state index contributed by atoms with van der Waals surface area (Å²) in [4.78, 5) is 1.81. The second-order valence-corrected chi connectivity index (χ2v) is 3.10. The van der Waals surface area contributed by atoms with Gasteiger partial charge in [0.2, 0.25) is 0 Å². The average Bonchev–Trinajstić information content (AvgIpc) is 2.05. The van der Waals surface area contributed by atoms with E-state index in [1.54, 1.807) is 11.9 Å². The number of nitrogens with two attached hydrogens (primary N) is 2. The molecule has 0 bridgehead atoms. The fraction of sp³-hybridized carbons (Fsp3) is 0.500. The molecule has 0 aromatic rings. The molecular weight excluding hydrogens is 184 g/mol. The van der Waals surface area contributed by atoms with E-state index in [0.29, 0.717) is 5.82 Å². The van der Waals surface area contributed by atoms with E-state index in [1.165, 1.54) is 0 Å². The molecule has 72 valence electrons. The standard InChI is InChI=1S/C8H14N4S/c1-3-4-12(2)7(10)6(5-9)8(11)13/h3-4,10H2,1-2H3,(H2,11,13)/b7-6-. The SMILES string of the molecule is CCCN(C)/C(N)=C(/C#N)C(N)=S. The number of hydrogen-bond donors (Lipinski definition) is 2. The van der Waals surface area contributed by atoms with Crippen molar-refractivity contribution < 1.29 is 0 Å². The molecule has 0 amide bonds. The lowest BCUT2D eigenvalue weighted by molar-refractivity contribution is 0.411. The van der Waals surface area contributed by atoms with E-state index < -0.39 is 0 Å². The van der Waals surface area contributed by atoms with Crippen LogP contribution in [0.4, 0.5) is 0 Å². The average molecular weight is 198 g/mol. The van der Waals surface area contributed by atoms with Crippen molar-refractivity contribution >= 4 is 17.2 Å². The van der Waals surface area contributed by atoms with E-state index in [9.17, 15) is 0 Å². The van der Waals surface area contributed by atoms with Gasteiger partial charge < -0.3 is 16.4 Å². The summed E-state index contributed by atoms with van der Waals surface area (Å²) >= 11 is 4.69. The van der Waals surface area contributed by atoms with Gasteiger partial charge in [-0.1, -0.05) is 19.1 Å². The highest BCUT2D eigenvalue weighted by Crippen LogP contribution is 2.03. The molecule has 0 unspecified atom stereocenters. The lowest BCUT2D eigenvalue weighted by atomic mass is 10.2. The van der Waals surface area contributed by atoms with E-state index in [0.717, 1.165) is 13.0 Å². The van der Waals surface area contributed by atoms with Gasteiger partial charge in [-0.05, 0) is 6.42 Å². The van der Waals surface area contributed by atoms with Crippen molar-refractivity contribution in [1.29, 1.82) is 5.26 Å². The van der Waals surface area contributed by atoms with E-state index in [4.69, 9.17) is 16.7 Å². The molecule has 0 aromatic heterocycles. The van der Waals surface area contributed by atoms with Crippen LogP contribution in [0.3, 0.4) is 0 Å². The van der Waals surface area contributed by atoms with Gasteiger partial charge in [0, 0.05) is 13.6 Å². The van der Waals surface area contributed by atoms with Crippen LogP contribution >= 0.6 is 12.2 Å². The highest BCUT2D eigenvalue weighted by atomic mass is 32.1.